The molecule has 0 unspecified atom stereocenters. The van der Waals surface area contributed by atoms with Gasteiger partial charge in [-0.1, -0.05) is 6.07 Å². The summed E-state index contributed by atoms with van der Waals surface area (Å²) in [5.41, 5.74) is 2.62. The monoisotopic (exact) mass is 221 g/mol. The zero-order valence-electron chi connectivity index (χ0n) is 10.9. The van der Waals surface area contributed by atoms with Crippen molar-refractivity contribution < 1.29 is 4.74 Å². The summed E-state index contributed by atoms with van der Waals surface area (Å²) in [5.74, 6) is 0.993. The normalized spacial score (nSPS) is 10.8. The molecule has 0 aromatic heterocycles. The minimum Gasteiger partial charge on any atom is -0.494 e. The molecule has 1 rings (SSSR count). The maximum atomic E-state index is 5.71. The molecule has 0 aliphatic heterocycles. The molecule has 0 amide bonds. The lowest BCUT2D eigenvalue weighted by atomic mass is 10.1. The summed E-state index contributed by atoms with van der Waals surface area (Å²) >= 11 is 0. The highest BCUT2D eigenvalue weighted by atomic mass is 16.5. The van der Waals surface area contributed by atoms with Crippen LogP contribution in [0.1, 0.15) is 24.0 Å². The second kappa shape index (κ2) is 6.54. The molecular formula is C14H23NO. The van der Waals surface area contributed by atoms with E-state index in [0.717, 1.165) is 25.3 Å². The van der Waals surface area contributed by atoms with Gasteiger partial charge >= 0.3 is 0 Å². The van der Waals surface area contributed by atoms with Crippen molar-refractivity contribution in [2.24, 2.45) is 0 Å². The van der Waals surface area contributed by atoms with Crippen LogP contribution in [0.25, 0.3) is 0 Å². The van der Waals surface area contributed by atoms with Crippen LogP contribution < -0.4 is 4.74 Å². The van der Waals surface area contributed by atoms with Gasteiger partial charge < -0.3 is 9.64 Å². The van der Waals surface area contributed by atoms with E-state index < -0.39 is 0 Å². The van der Waals surface area contributed by atoms with E-state index in [1.54, 1.807) is 0 Å². The Morgan fingerprint density at radius 2 is 1.81 bits per heavy atom. The van der Waals surface area contributed by atoms with Gasteiger partial charge in [-0.25, -0.2) is 0 Å². The molecule has 0 aliphatic rings. The van der Waals surface area contributed by atoms with Crippen LogP contribution in [0, 0.1) is 13.8 Å². The van der Waals surface area contributed by atoms with Crippen LogP contribution in [0.5, 0.6) is 5.75 Å². The number of aryl methyl sites for hydroxylation is 2. The van der Waals surface area contributed by atoms with Crippen LogP contribution >= 0.6 is 0 Å². The van der Waals surface area contributed by atoms with Gasteiger partial charge in [0.05, 0.1) is 6.61 Å². The quantitative estimate of drug-likeness (QED) is 0.685. The van der Waals surface area contributed by atoms with Crippen molar-refractivity contribution in [3.05, 3.63) is 29.3 Å². The Bertz CT molecular complexity index is 321. The zero-order chi connectivity index (χ0) is 12.0. The van der Waals surface area contributed by atoms with E-state index >= 15 is 0 Å². The second-order valence-corrected chi connectivity index (χ2v) is 4.60. The van der Waals surface area contributed by atoms with Crippen molar-refractivity contribution in [2.75, 3.05) is 27.2 Å². The van der Waals surface area contributed by atoms with Crippen LogP contribution in [-0.2, 0) is 0 Å². The van der Waals surface area contributed by atoms with Crippen LogP contribution in [0.3, 0.4) is 0 Å². The molecule has 0 spiro atoms. The molecule has 0 N–H and O–H groups in total. The third-order valence-corrected chi connectivity index (χ3v) is 2.75. The summed E-state index contributed by atoms with van der Waals surface area (Å²) in [6, 6.07) is 6.28. The van der Waals surface area contributed by atoms with Crippen LogP contribution in [-0.4, -0.2) is 32.1 Å². The molecule has 0 saturated heterocycles. The lowest BCUT2D eigenvalue weighted by molar-refractivity contribution is 0.293. The molecule has 2 nitrogen and oxygen atoms in total. The third kappa shape index (κ3) is 4.67. The molecule has 0 radical (unpaired) electrons. The number of hydrogen-bond acceptors (Lipinski definition) is 2. The number of ether oxygens (including phenoxy) is 1. The summed E-state index contributed by atoms with van der Waals surface area (Å²) in [6.07, 6.45) is 2.31. The number of rotatable bonds is 6. The third-order valence-electron chi connectivity index (χ3n) is 2.75. The number of benzene rings is 1. The Kier molecular flexibility index (Phi) is 5.33. The van der Waals surface area contributed by atoms with Crippen molar-refractivity contribution in [3.8, 4) is 5.75 Å². The van der Waals surface area contributed by atoms with Crippen LogP contribution in [0.15, 0.2) is 18.2 Å². The van der Waals surface area contributed by atoms with Crippen molar-refractivity contribution in [1.29, 1.82) is 0 Å². The van der Waals surface area contributed by atoms with Gasteiger partial charge in [-0.15, -0.1) is 0 Å². The van der Waals surface area contributed by atoms with Gasteiger partial charge in [0.25, 0.3) is 0 Å². The Morgan fingerprint density at radius 3 is 2.44 bits per heavy atom. The van der Waals surface area contributed by atoms with E-state index in [2.05, 4.69) is 45.0 Å². The SMILES string of the molecule is Cc1ccc(OCCCCN(C)C)cc1C. The molecule has 0 heterocycles. The summed E-state index contributed by atoms with van der Waals surface area (Å²) in [6.45, 7) is 6.19. The smallest absolute Gasteiger partial charge is 0.119 e. The summed E-state index contributed by atoms with van der Waals surface area (Å²) < 4.78 is 5.71. The van der Waals surface area contributed by atoms with Gasteiger partial charge in [-0.2, -0.15) is 0 Å². The highest BCUT2D eigenvalue weighted by Crippen LogP contribution is 2.16. The predicted molar refractivity (Wildman–Crippen MR) is 69.2 cm³/mol. The number of hydrogen-bond donors (Lipinski definition) is 0. The van der Waals surface area contributed by atoms with E-state index in [1.165, 1.54) is 17.5 Å². The molecule has 0 bridgehead atoms. The standard InChI is InChI=1S/C14H23NO/c1-12-7-8-14(11-13(12)2)16-10-6-5-9-15(3)4/h7-8,11H,5-6,9-10H2,1-4H3. The molecule has 1 aromatic carbocycles. The molecule has 1 aromatic rings. The minimum absolute atomic E-state index is 0.816. The largest absolute Gasteiger partial charge is 0.494 e. The molecule has 0 fully saturated rings. The molecule has 0 saturated carbocycles. The molecule has 16 heavy (non-hydrogen) atoms. The molecule has 90 valence electrons. The van der Waals surface area contributed by atoms with Crippen molar-refractivity contribution >= 4 is 0 Å². The van der Waals surface area contributed by atoms with Gasteiger partial charge in [0.1, 0.15) is 5.75 Å². The van der Waals surface area contributed by atoms with Crippen molar-refractivity contribution in [2.45, 2.75) is 26.7 Å². The second-order valence-electron chi connectivity index (χ2n) is 4.60. The van der Waals surface area contributed by atoms with Gasteiger partial charge in [0, 0.05) is 0 Å². The number of unbranched alkanes of at least 4 members (excludes halogenated alkanes) is 1. The highest BCUT2D eigenvalue weighted by molar-refractivity contribution is 5.33. The van der Waals surface area contributed by atoms with Gasteiger partial charge in [-0.3, -0.25) is 0 Å². The Balaban J connectivity index is 2.24. The van der Waals surface area contributed by atoms with Crippen molar-refractivity contribution in [1.82, 2.24) is 4.90 Å². The highest BCUT2D eigenvalue weighted by Gasteiger charge is 1.97. The van der Waals surface area contributed by atoms with E-state index in [0.29, 0.717) is 0 Å². The van der Waals surface area contributed by atoms with E-state index in [1.807, 2.05) is 6.07 Å². The maximum absolute atomic E-state index is 5.71. The molecular weight excluding hydrogens is 198 g/mol. The molecule has 0 atom stereocenters. The predicted octanol–water partition coefficient (Wildman–Crippen LogP) is 3.02. The van der Waals surface area contributed by atoms with E-state index in [4.69, 9.17) is 4.74 Å². The first kappa shape index (κ1) is 13.0. The maximum Gasteiger partial charge on any atom is 0.119 e. The van der Waals surface area contributed by atoms with E-state index in [-0.39, 0.29) is 0 Å². The topological polar surface area (TPSA) is 12.5 Å². The first-order valence-corrected chi connectivity index (χ1v) is 5.94. The minimum atomic E-state index is 0.816. The Labute approximate surface area is 99.2 Å². The lowest BCUT2D eigenvalue weighted by Crippen LogP contribution is -2.13. The molecule has 2 heteroatoms. The lowest BCUT2D eigenvalue weighted by Gasteiger charge is -2.10. The summed E-state index contributed by atoms with van der Waals surface area (Å²) in [5, 5.41) is 0. The van der Waals surface area contributed by atoms with Gasteiger partial charge in [0.15, 0.2) is 0 Å². The fraction of sp³-hybridized carbons (Fsp3) is 0.571. The van der Waals surface area contributed by atoms with Gasteiger partial charge in [-0.05, 0) is 70.6 Å². The Morgan fingerprint density at radius 1 is 1.06 bits per heavy atom. The fourth-order valence-electron chi connectivity index (χ4n) is 1.52. The van der Waals surface area contributed by atoms with Crippen LogP contribution in [0.2, 0.25) is 0 Å². The fourth-order valence-corrected chi connectivity index (χ4v) is 1.52. The average Bonchev–Trinajstić information content (AvgIpc) is 2.22. The Hall–Kier alpha value is -1.02. The number of nitrogens with zero attached hydrogens (tertiary/aromatic N) is 1. The van der Waals surface area contributed by atoms with Gasteiger partial charge in [0.2, 0.25) is 0 Å². The first-order valence-electron chi connectivity index (χ1n) is 5.94. The zero-order valence-corrected chi connectivity index (χ0v) is 10.9. The molecule has 0 aliphatic carbocycles. The average molecular weight is 221 g/mol. The summed E-state index contributed by atoms with van der Waals surface area (Å²) in [4.78, 5) is 2.20. The van der Waals surface area contributed by atoms with E-state index in [9.17, 15) is 0 Å². The van der Waals surface area contributed by atoms with Crippen LogP contribution in [0.4, 0.5) is 0 Å². The first-order chi connectivity index (χ1) is 7.59. The van der Waals surface area contributed by atoms with Crippen molar-refractivity contribution in [3.63, 3.8) is 0 Å². The summed E-state index contributed by atoms with van der Waals surface area (Å²) in [7, 11) is 4.20.